The summed E-state index contributed by atoms with van der Waals surface area (Å²) in [6.45, 7) is 0. The summed E-state index contributed by atoms with van der Waals surface area (Å²) in [4.78, 5) is 3.56. The smallest absolute Gasteiger partial charge is 0.280 e. The fraction of sp³-hybridized carbons (Fsp3) is 0.100. The Balaban J connectivity index is 2.86. The molecule has 0 saturated carbocycles. The van der Waals surface area contributed by atoms with Gasteiger partial charge >= 0.3 is 0 Å². The number of hydrogen-bond acceptors (Lipinski definition) is 2. The third kappa shape index (κ3) is 1.73. The number of benzene rings is 1. The zero-order valence-corrected chi connectivity index (χ0v) is 9.43. The van der Waals surface area contributed by atoms with E-state index in [-0.39, 0.29) is 11.2 Å². The molecule has 0 aliphatic rings. The number of alkyl halides is 2. The molecule has 1 heterocycles. The molecule has 2 N–H and O–H groups in total. The largest absolute Gasteiger partial charge is 0.398 e. The van der Waals surface area contributed by atoms with Crippen LogP contribution >= 0.6 is 15.9 Å². The first-order valence-corrected chi connectivity index (χ1v) is 5.12. The van der Waals surface area contributed by atoms with Crippen molar-refractivity contribution in [1.29, 1.82) is 0 Å². The van der Waals surface area contributed by atoms with E-state index in [4.69, 9.17) is 5.73 Å². The number of hydrogen-bond donors (Lipinski definition) is 1. The van der Waals surface area contributed by atoms with E-state index >= 15 is 0 Å². The molecular weight excluding hydrogens is 285 g/mol. The average Bonchev–Trinajstić information content (AvgIpc) is 2.22. The Kier molecular flexibility index (Phi) is 2.75. The van der Waals surface area contributed by atoms with Gasteiger partial charge < -0.3 is 5.73 Å². The second-order valence-corrected chi connectivity index (χ2v) is 4.04. The maximum absolute atomic E-state index is 13.4. The van der Waals surface area contributed by atoms with Gasteiger partial charge in [0.1, 0.15) is 17.0 Å². The Morgan fingerprint density at radius 3 is 2.62 bits per heavy atom. The van der Waals surface area contributed by atoms with E-state index in [0.717, 1.165) is 12.1 Å². The molecule has 1 aromatic heterocycles. The summed E-state index contributed by atoms with van der Waals surface area (Å²) in [5.41, 5.74) is 5.00. The second-order valence-electron chi connectivity index (χ2n) is 3.19. The van der Waals surface area contributed by atoms with Crippen molar-refractivity contribution in [2.45, 2.75) is 6.43 Å². The molecule has 0 radical (unpaired) electrons. The molecule has 0 saturated heterocycles. The molecule has 2 rings (SSSR count). The third-order valence-electron chi connectivity index (χ3n) is 2.13. The summed E-state index contributed by atoms with van der Waals surface area (Å²) < 4.78 is 38.8. The Bertz CT molecular complexity index is 557. The SMILES string of the molecule is Nc1cc(C(F)F)nc2c(F)ccc(Br)c12. The number of fused-ring (bicyclic) bond motifs is 1. The number of nitrogens with two attached hydrogens (primary N) is 1. The quantitative estimate of drug-likeness (QED) is 0.871. The second kappa shape index (κ2) is 3.93. The lowest BCUT2D eigenvalue weighted by atomic mass is 10.1. The number of anilines is 1. The molecular formula is C10H6BrF3N2. The summed E-state index contributed by atoms with van der Waals surface area (Å²) in [5, 5.41) is 0.310. The molecule has 0 unspecified atom stereocenters. The van der Waals surface area contributed by atoms with E-state index in [1.165, 1.54) is 6.07 Å². The van der Waals surface area contributed by atoms with Crippen LogP contribution in [0.25, 0.3) is 10.9 Å². The number of rotatable bonds is 1. The van der Waals surface area contributed by atoms with Gasteiger partial charge in [0, 0.05) is 15.5 Å². The van der Waals surface area contributed by atoms with E-state index in [1.54, 1.807) is 0 Å². The van der Waals surface area contributed by atoms with Gasteiger partial charge in [-0.05, 0) is 18.2 Å². The predicted octanol–water partition coefficient (Wildman–Crippen LogP) is 3.66. The van der Waals surface area contributed by atoms with Crippen molar-refractivity contribution in [1.82, 2.24) is 4.98 Å². The van der Waals surface area contributed by atoms with Gasteiger partial charge in [-0.2, -0.15) is 0 Å². The predicted molar refractivity (Wildman–Crippen MR) is 58.8 cm³/mol. The van der Waals surface area contributed by atoms with Gasteiger partial charge in [0.15, 0.2) is 0 Å². The van der Waals surface area contributed by atoms with E-state index < -0.39 is 17.9 Å². The normalized spacial score (nSPS) is 11.3. The van der Waals surface area contributed by atoms with Crippen molar-refractivity contribution in [3.63, 3.8) is 0 Å². The minimum atomic E-state index is -2.77. The van der Waals surface area contributed by atoms with Crippen LogP contribution in [0, 0.1) is 5.82 Å². The van der Waals surface area contributed by atoms with Crippen molar-refractivity contribution >= 4 is 32.5 Å². The van der Waals surface area contributed by atoms with Gasteiger partial charge in [0.05, 0.1) is 0 Å². The third-order valence-corrected chi connectivity index (χ3v) is 2.80. The van der Waals surface area contributed by atoms with Crippen LogP contribution in [0.4, 0.5) is 18.9 Å². The lowest BCUT2D eigenvalue weighted by Gasteiger charge is -2.07. The van der Waals surface area contributed by atoms with Crippen LogP contribution < -0.4 is 5.73 Å². The molecule has 6 heteroatoms. The van der Waals surface area contributed by atoms with Gasteiger partial charge in [-0.1, -0.05) is 15.9 Å². The summed E-state index contributed by atoms with van der Waals surface area (Å²) in [5.74, 6) is -0.674. The van der Waals surface area contributed by atoms with E-state index in [0.29, 0.717) is 9.86 Å². The maximum Gasteiger partial charge on any atom is 0.280 e. The Hall–Kier alpha value is -1.30. The van der Waals surface area contributed by atoms with Crippen LogP contribution in [0.5, 0.6) is 0 Å². The summed E-state index contributed by atoms with van der Waals surface area (Å²) in [6.07, 6.45) is -2.77. The molecule has 2 nitrogen and oxygen atoms in total. The molecule has 2 aromatic rings. The summed E-state index contributed by atoms with van der Waals surface area (Å²) >= 11 is 3.17. The van der Waals surface area contributed by atoms with Gasteiger partial charge in [-0.15, -0.1) is 0 Å². The Morgan fingerprint density at radius 1 is 1.31 bits per heavy atom. The Labute approximate surface area is 97.4 Å². The van der Waals surface area contributed by atoms with Crippen LogP contribution in [-0.4, -0.2) is 4.98 Å². The summed E-state index contributed by atoms with van der Waals surface area (Å²) in [6, 6.07) is 3.66. The molecule has 16 heavy (non-hydrogen) atoms. The van der Waals surface area contributed by atoms with Crippen LogP contribution in [0.1, 0.15) is 12.1 Å². The number of pyridine rings is 1. The highest BCUT2D eigenvalue weighted by molar-refractivity contribution is 9.10. The van der Waals surface area contributed by atoms with Crippen molar-refractivity contribution in [3.05, 3.63) is 34.2 Å². The van der Waals surface area contributed by atoms with Crippen LogP contribution in [-0.2, 0) is 0 Å². The van der Waals surface area contributed by atoms with E-state index in [1.807, 2.05) is 0 Å². The number of halogens is 4. The molecule has 0 aliphatic carbocycles. The lowest BCUT2D eigenvalue weighted by molar-refractivity contribution is 0.146. The highest BCUT2D eigenvalue weighted by atomic mass is 79.9. The molecule has 0 amide bonds. The molecule has 0 aliphatic heterocycles. The van der Waals surface area contributed by atoms with E-state index in [2.05, 4.69) is 20.9 Å². The fourth-order valence-corrected chi connectivity index (χ4v) is 1.98. The Morgan fingerprint density at radius 2 is 2.00 bits per heavy atom. The highest BCUT2D eigenvalue weighted by Gasteiger charge is 2.15. The first-order chi connectivity index (χ1) is 7.50. The topological polar surface area (TPSA) is 38.9 Å². The fourth-order valence-electron chi connectivity index (χ4n) is 1.43. The molecule has 1 aromatic carbocycles. The van der Waals surface area contributed by atoms with Crippen molar-refractivity contribution in [2.24, 2.45) is 0 Å². The maximum atomic E-state index is 13.4. The summed E-state index contributed by atoms with van der Waals surface area (Å²) in [7, 11) is 0. The van der Waals surface area contributed by atoms with Gasteiger partial charge in [0.25, 0.3) is 6.43 Å². The zero-order valence-electron chi connectivity index (χ0n) is 7.85. The monoisotopic (exact) mass is 290 g/mol. The zero-order chi connectivity index (χ0) is 11.9. The van der Waals surface area contributed by atoms with Gasteiger partial charge in [-0.3, -0.25) is 0 Å². The molecule has 0 spiro atoms. The van der Waals surface area contributed by atoms with Gasteiger partial charge in [-0.25, -0.2) is 18.2 Å². The lowest BCUT2D eigenvalue weighted by Crippen LogP contribution is -1.98. The van der Waals surface area contributed by atoms with Crippen LogP contribution in [0.2, 0.25) is 0 Å². The van der Waals surface area contributed by atoms with Crippen molar-refractivity contribution < 1.29 is 13.2 Å². The van der Waals surface area contributed by atoms with Crippen LogP contribution in [0.3, 0.4) is 0 Å². The molecule has 84 valence electrons. The van der Waals surface area contributed by atoms with Crippen molar-refractivity contribution in [3.8, 4) is 0 Å². The number of aromatic nitrogens is 1. The first-order valence-electron chi connectivity index (χ1n) is 4.33. The number of nitrogen functional groups attached to an aromatic ring is 1. The highest BCUT2D eigenvalue weighted by Crippen LogP contribution is 2.32. The molecule has 0 bridgehead atoms. The molecule has 0 atom stereocenters. The number of nitrogens with zero attached hydrogens (tertiary/aromatic N) is 1. The minimum absolute atomic E-state index is 0.0756. The average molecular weight is 291 g/mol. The molecule has 0 fully saturated rings. The van der Waals surface area contributed by atoms with Crippen molar-refractivity contribution in [2.75, 3.05) is 5.73 Å². The van der Waals surface area contributed by atoms with Gasteiger partial charge in [0.2, 0.25) is 0 Å². The van der Waals surface area contributed by atoms with Crippen LogP contribution in [0.15, 0.2) is 22.7 Å². The first kappa shape index (κ1) is 11.2. The van der Waals surface area contributed by atoms with E-state index in [9.17, 15) is 13.2 Å². The standard InChI is InChI=1S/C10H6BrF3N2/c11-4-1-2-5(12)9-8(4)6(15)3-7(16-9)10(13)14/h1-3,10H,(H2,15,16). The minimum Gasteiger partial charge on any atom is -0.398 e.